The average molecular weight is 381 g/mol. The molecule has 0 atom stereocenters. The van der Waals surface area contributed by atoms with Gasteiger partial charge in [0.15, 0.2) is 0 Å². The van der Waals surface area contributed by atoms with E-state index in [1.165, 1.54) is 17.0 Å². The topological polar surface area (TPSA) is 43.9 Å². The standard InChI is InChI=1S/C19H22F3N3O2/c20-19(21,22)15-4-1-5-16(14-15)24-12-10-23(11-13-24)7-3-9-25-8-2-6-17(26)18(25)27/h1-2,4-5,8,14H,3,6-7,9-13H2. The number of Topliss-reactive ketones (excluding diaryl/α,β-unsaturated/α-hetero) is 1. The van der Waals surface area contributed by atoms with Crippen molar-refractivity contribution in [3.05, 3.63) is 42.1 Å². The third-order valence-corrected chi connectivity index (χ3v) is 4.87. The first kappa shape index (κ1) is 19.4. The Bertz CT molecular complexity index is 725. The maximum absolute atomic E-state index is 12.9. The van der Waals surface area contributed by atoms with Crippen LogP contribution in [0.2, 0.25) is 0 Å². The smallest absolute Gasteiger partial charge is 0.369 e. The van der Waals surface area contributed by atoms with Crippen LogP contribution in [0.4, 0.5) is 18.9 Å². The minimum atomic E-state index is -4.33. The Hall–Kier alpha value is -2.35. The van der Waals surface area contributed by atoms with Crippen LogP contribution in [0.25, 0.3) is 0 Å². The van der Waals surface area contributed by atoms with Crippen molar-refractivity contribution in [3.63, 3.8) is 0 Å². The first-order valence-corrected chi connectivity index (χ1v) is 8.99. The van der Waals surface area contributed by atoms with Gasteiger partial charge in [0.2, 0.25) is 5.78 Å². The second-order valence-electron chi connectivity index (χ2n) is 6.74. The highest BCUT2D eigenvalue weighted by Crippen LogP contribution is 2.31. The summed E-state index contributed by atoms with van der Waals surface area (Å²) in [4.78, 5) is 28.8. The highest BCUT2D eigenvalue weighted by atomic mass is 19.4. The lowest BCUT2D eigenvalue weighted by atomic mass is 10.1. The fourth-order valence-electron chi connectivity index (χ4n) is 3.35. The number of allylic oxidation sites excluding steroid dienone is 1. The lowest BCUT2D eigenvalue weighted by molar-refractivity contribution is -0.143. The van der Waals surface area contributed by atoms with Gasteiger partial charge in [0.25, 0.3) is 5.91 Å². The molecule has 1 amide bonds. The van der Waals surface area contributed by atoms with Gasteiger partial charge < -0.3 is 9.80 Å². The predicted octanol–water partition coefficient (Wildman–Crippen LogP) is 2.53. The van der Waals surface area contributed by atoms with Gasteiger partial charge in [-0.25, -0.2) is 0 Å². The average Bonchev–Trinajstić information content (AvgIpc) is 2.65. The predicted molar refractivity (Wildman–Crippen MR) is 95.2 cm³/mol. The molecule has 1 fully saturated rings. The zero-order valence-electron chi connectivity index (χ0n) is 14.9. The van der Waals surface area contributed by atoms with Gasteiger partial charge in [-0.05, 0) is 31.2 Å². The Morgan fingerprint density at radius 2 is 1.74 bits per heavy atom. The molecule has 2 aliphatic heterocycles. The molecule has 0 bridgehead atoms. The summed E-state index contributed by atoms with van der Waals surface area (Å²) in [6.07, 6.45) is -0.0633. The van der Waals surface area contributed by atoms with Crippen LogP contribution < -0.4 is 4.90 Å². The van der Waals surface area contributed by atoms with E-state index in [-0.39, 0.29) is 12.2 Å². The maximum atomic E-state index is 12.9. The van der Waals surface area contributed by atoms with E-state index < -0.39 is 17.6 Å². The minimum absolute atomic E-state index is 0.173. The number of carbonyl (C=O) groups is 2. The second-order valence-corrected chi connectivity index (χ2v) is 6.74. The van der Waals surface area contributed by atoms with Crippen molar-refractivity contribution in [2.75, 3.05) is 44.2 Å². The summed E-state index contributed by atoms with van der Waals surface area (Å²) in [6, 6.07) is 5.42. The van der Waals surface area contributed by atoms with Crippen LogP contribution in [0.3, 0.4) is 0 Å². The molecule has 2 heterocycles. The van der Waals surface area contributed by atoms with Crippen LogP contribution in [0.5, 0.6) is 0 Å². The fraction of sp³-hybridized carbons (Fsp3) is 0.474. The first-order chi connectivity index (χ1) is 12.8. The second kappa shape index (κ2) is 8.12. The van der Waals surface area contributed by atoms with Crippen molar-refractivity contribution in [1.82, 2.24) is 9.80 Å². The molecular weight excluding hydrogens is 359 g/mol. The molecule has 0 aliphatic carbocycles. The number of halogens is 3. The van der Waals surface area contributed by atoms with Crippen LogP contribution in [-0.2, 0) is 15.8 Å². The van der Waals surface area contributed by atoms with Crippen LogP contribution >= 0.6 is 0 Å². The Balaban J connectivity index is 1.45. The van der Waals surface area contributed by atoms with Gasteiger partial charge in [-0.1, -0.05) is 12.1 Å². The normalized spacial score (nSPS) is 19.1. The van der Waals surface area contributed by atoms with E-state index in [0.29, 0.717) is 25.3 Å². The van der Waals surface area contributed by atoms with Crippen LogP contribution in [0.1, 0.15) is 18.4 Å². The number of amides is 1. The third kappa shape index (κ3) is 4.88. The maximum Gasteiger partial charge on any atom is 0.416 e. The Labute approximate surface area is 156 Å². The van der Waals surface area contributed by atoms with E-state index in [1.807, 2.05) is 4.90 Å². The number of anilines is 1. The van der Waals surface area contributed by atoms with Gasteiger partial charge in [-0.2, -0.15) is 13.2 Å². The summed E-state index contributed by atoms with van der Waals surface area (Å²) in [6.45, 7) is 4.08. The van der Waals surface area contributed by atoms with Crippen LogP contribution in [0.15, 0.2) is 36.5 Å². The van der Waals surface area contributed by atoms with Gasteiger partial charge in [-0.15, -0.1) is 0 Å². The Kier molecular flexibility index (Phi) is 5.84. The van der Waals surface area contributed by atoms with Gasteiger partial charge in [0.1, 0.15) is 0 Å². The number of nitrogens with zero attached hydrogens (tertiary/aromatic N) is 3. The van der Waals surface area contributed by atoms with Crippen LogP contribution in [0, 0.1) is 0 Å². The molecular formula is C19H22F3N3O2. The van der Waals surface area contributed by atoms with E-state index in [2.05, 4.69) is 4.90 Å². The van der Waals surface area contributed by atoms with E-state index in [0.717, 1.165) is 32.1 Å². The number of benzene rings is 1. The third-order valence-electron chi connectivity index (χ3n) is 4.87. The lowest BCUT2D eigenvalue weighted by Crippen LogP contribution is -2.47. The SMILES string of the molecule is O=C1CC=CN(CCCN2CCN(c3cccc(C(F)(F)F)c3)CC2)C1=O. The minimum Gasteiger partial charge on any atom is -0.369 e. The lowest BCUT2D eigenvalue weighted by Gasteiger charge is -2.36. The van der Waals surface area contributed by atoms with E-state index in [1.54, 1.807) is 18.3 Å². The molecule has 1 aromatic carbocycles. The monoisotopic (exact) mass is 381 g/mol. The summed E-state index contributed by atoms with van der Waals surface area (Å²) in [7, 11) is 0. The molecule has 0 N–H and O–H groups in total. The molecule has 0 spiro atoms. The zero-order valence-corrected chi connectivity index (χ0v) is 14.9. The zero-order chi connectivity index (χ0) is 19.4. The molecule has 8 heteroatoms. The Morgan fingerprint density at radius 1 is 1.00 bits per heavy atom. The summed E-state index contributed by atoms with van der Waals surface area (Å²) >= 11 is 0. The highest BCUT2D eigenvalue weighted by molar-refractivity contribution is 6.37. The molecule has 2 aliphatic rings. The number of carbonyl (C=O) groups excluding carboxylic acids is 2. The molecule has 1 aromatic rings. The largest absolute Gasteiger partial charge is 0.416 e. The molecule has 146 valence electrons. The van der Waals surface area contributed by atoms with E-state index >= 15 is 0 Å². The summed E-state index contributed by atoms with van der Waals surface area (Å²) in [5, 5.41) is 0. The molecule has 1 saturated heterocycles. The molecule has 27 heavy (non-hydrogen) atoms. The number of alkyl halides is 3. The van der Waals surface area contributed by atoms with Crippen molar-refractivity contribution in [1.29, 1.82) is 0 Å². The quantitative estimate of drug-likeness (QED) is 0.736. The number of ketones is 1. The molecule has 0 unspecified atom stereocenters. The Morgan fingerprint density at radius 3 is 2.44 bits per heavy atom. The van der Waals surface area contributed by atoms with E-state index in [9.17, 15) is 22.8 Å². The van der Waals surface area contributed by atoms with Crippen molar-refractivity contribution < 1.29 is 22.8 Å². The van der Waals surface area contributed by atoms with Gasteiger partial charge in [0, 0.05) is 51.0 Å². The van der Waals surface area contributed by atoms with Crippen molar-refractivity contribution >= 4 is 17.4 Å². The molecule has 0 saturated carbocycles. The molecule has 0 aromatic heterocycles. The number of hydrogen-bond donors (Lipinski definition) is 0. The van der Waals surface area contributed by atoms with Gasteiger partial charge >= 0.3 is 6.18 Å². The van der Waals surface area contributed by atoms with E-state index in [4.69, 9.17) is 0 Å². The molecule has 5 nitrogen and oxygen atoms in total. The summed E-state index contributed by atoms with van der Waals surface area (Å²) in [5.74, 6) is -0.834. The summed E-state index contributed by atoms with van der Waals surface area (Å²) in [5.41, 5.74) is -0.0386. The van der Waals surface area contributed by atoms with Gasteiger partial charge in [-0.3, -0.25) is 14.5 Å². The molecule has 0 radical (unpaired) electrons. The molecule has 3 rings (SSSR count). The number of hydrogen-bond acceptors (Lipinski definition) is 4. The number of rotatable bonds is 5. The highest BCUT2D eigenvalue weighted by Gasteiger charge is 2.31. The number of piperazine rings is 1. The van der Waals surface area contributed by atoms with Crippen molar-refractivity contribution in [2.45, 2.75) is 19.0 Å². The van der Waals surface area contributed by atoms with Crippen molar-refractivity contribution in [2.24, 2.45) is 0 Å². The first-order valence-electron chi connectivity index (χ1n) is 8.99. The van der Waals surface area contributed by atoms with Gasteiger partial charge in [0.05, 0.1) is 5.56 Å². The summed E-state index contributed by atoms with van der Waals surface area (Å²) < 4.78 is 38.6. The van der Waals surface area contributed by atoms with Crippen LogP contribution in [-0.4, -0.2) is 60.8 Å². The fourth-order valence-corrected chi connectivity index (χ4v) is 3.35. The van der Waals surface area contributed by atoms with Crippen molar-refractivity contribution in [3.8, 4) is 0 Å².